The van der Waals surface area contributed by atoms with Crippen LogP contribution in [0, 0.1) is 20.8 Å². The maximum Gasteiger partial charge on any atom is 0.255 e. The fraction of sp³-hybridized carbons (Fsp3) is 0.438. The Kier molecular flexibility index (Phi) is 9.94. The molecule has 218 valence electrons. The summed E-state index contributed by atoms with van der Waals surface area (Å²) in [5.41, 5.74) is 17.4. The van der Waals surface area contributed by atoms with Crippen molar-refractivity contribution in [2.75, 3.05) is 24.6 Å². The first kappa shape index (κ1) is 30.0. The van der Waals surface area contributed by atoms with Gasteiger partial charge in [-0.1, -0.05) is 0 Å². The van der Waals surface area contributed by atoms with Crippen LogP contribution in [0.4, 0.5) is 5.69 Å². The van der Waals surface area contributed by atoms with Crippen molar-refractivity contribution in [3.05, 3.63) is 82.4 Å². The summed E-state index contributed by atoms with van der Waals surface area (Å²) in [6, 6.07) is 12.7. The molecule has 3 heterocycles. The molecule has 1 aliphatic heterocycles. The van der Waals surface area contributed by atoms with Crippen LogP contribution in [0.15, 0.2) is 48.8 Å². The summed E-state index contributed by atoms with van der Waals surface area (Å²) in [5, 5.41) is 0. The largest absolute Gasteiger partial charge is 0.484 e. The Hall–Kier alpha value is -3.98. The number of anilines is 1. The molecule has 1 saturated heterocycles. The minimum absolute atomic E-state index is 0.136. The summed E-state index contributed by atoms with van der Waals surface area (Å²) in [7, 11) is 0. The average molecular weight is 559 g/mol. The van der Waals surface area contributed by atoms with Crippen molar-refractivity contribution in [2.24, 2.45) is 11.5 Å². The van der Waals surface area contributed by atoms with Crippen LogP contribution < -0.4 is 21.1 Å². The summed E-state index contributed by atoms with van der Waals surface area (Å²) in [5.74, 6) is -0.292. The zero-order valence-corrected chi connectivity index (χ0v) is 24.6. The van der Waals surface area contributed by atoms with E-state index in [-0.39, 0.29) is 6.61 Å². The number of carbonyl (C=O) groups is 2. The summed E-state index contributed by atoms with van der Waals surface area (Å²) < 4.78 is 5.47. The van der Waals surface area contributed by atoms with Crippen molar-refractivity contribution < 1.29 is 14.3 Å². The molecule has 0 radical (unpaired) electrons. The zero-order valence-electron chi connectivity index (χ0n) is 24.6. The molecule has 1 fully saturated rings. The minimum atomic E-state index is -0.494. The molecule has 4 rings (SSSR count). The normalized spacial score (nSPS) is 14.9. The third-order valence-electron chi connectivity index (χ3n) is 8.12. The molecule has 1 atom stereocenters. The number of aryl methyl sites for hydroxylation is 4. The van der Waals surface area contributed by atoms with Gasteiger partial charge in [0.25, 0.3) is 11.8 Å². The highest BCUT2D eigenvalue weighted by Gasteiger charge is 2.28. The molecule has 4 N–H and O–H groups in total. The molecule has 0 aliphatic carbocycles. The number of hydrogen-bond donors (Lipinski definition) is 2. The molecule has 41 heavy (non-hydrogen) atoms. The maximum absolute atomic E-state index is 11.7. The van der Waals surface area contributed by atoms with E-state index in [0.717, 1.165) is 62.3 Å². The number of nitrogens with zero attached hydrogens (tertiary/aromatic N) is 4. The van der Waals surface area contributed by atoms with Gasteiger partial charge in [0, 0.05) is 55.5 Å². The molecule has 2 amide bonds. The highest BCUT2D eigenvalue weighted by molar-refractivity contribution is 5.95. The maximum atomic E-state index is 11.7. The third-order valence-corrected chi connectivity index (χ3v) is 8.12. The second-order valence-corrected chi connectivity index (χ2v) is 11.1. The number of piperidine rings is 1. The topological polar surface area (TPSA) is 128 Å². The van der Waals surface area contributed by atoms with Gasteiger partial charge in [-0.15, -0.1) is 0 Å². The van der Waals surface area contributed by atoms with Crippen molar-refractivity contribution >= 4 is 17.5 Å². The smallest absolute Gasteiger partial charge is 0.255 e. The predicted octanol–water partition coefficient (Wildman–Crippen LogP) is 3.86. The van der Waals surface area contributed by atoms with Gasteiger partial charge < -0.3 is 26.0 Å². The SMILES string of the molecule is Cc1ccncc1CN(c1ccc(OCC(N)=O)cc1)C1CCN([C@H](C)CCc2cc(C)c(C(N)=O)c(C)n2)CC1. The molecule has 0 saturated carbocycles. The van der Waals surface area contributed by atoms with Crippen molar-refractivity contribution in [3.63, 3.8) is 0 Å². The Labute approximate surface area is 242 Å². The second-order valence-electron chi connectivity index (χ2n) is 11.1. The number of likely N-dealkylation sites (tertiary alicyclic amines) is 1. The first-order valence-electron chi connectivity index (χ1n) is 14.3. The molecular weight excluding hydrogens is 516 g/mol. The summed E-state index contributed by atoms with van der Waals surface area (Å²) in [4.78, 5) is 36.9. The molecule has 0 bridgehead atoms. The van der Waals surface area contributed by atoms with Crippen LogP contribution in [-0.2, 0) is 17.8 Å². The number of hydrogen-bond acceptors (Lipinski definition) is 7. The van der Waals surface area contributed by atoms with Gasteiger partial charge in [-0.2, -0.15) is 0 Å². The molecule has 9 heteroatoms. The third kappa shape index (κ3) is 7.82. The van der Waals surface area contributed by atoms with Crippen LogP contribution in [-0.4, -0.2) is 58.5 Å². The van der Waals surface area contributed by atoms with Crippen molar-refractivity contribution in [3.8, 4) is 5.75 Å². The second kappa shape index (κ2) is 13.6. The standard InChI is InChI=1S/C32H42N6O3/c1-21-11-14-35-18-25(21)19-38(27-7-9-29(10-8-27)41-20-30(33)39)28-12-15-37(16-13-28)23(3)5-6-26-17-22(2)31(32(34)40)24(4)36-26/h7-11,14,17-18,23,28H,5-6,12-13,15-16,19-20H2,1-4H3,(H2,33,39)(H2,34,40)/t23-/m1/s1. The van der Waals surface area contributed by atoms with Gasteiger partial charge >= 0.3 is 0 Å². The van der Waals surface area contributed by atoms with Crippen LogP contribution in [0.25, 0.3) is 0 Å². The van der Waals surface area contributed by atoms with Gasteiger partial charge in [0.1, 0.15) is 5.75 Å². The Morgan fingerprint density at radius 2 is 1.78 bits per heavy atom. The molecule has 1 aromatic carbocycles. The lowest BCUT2D eigenvalue weighted by Crippen LogP contribution is -2.47. The van der Waals surface area contributed by atoms with Gasteiger partial charge in [0.2, 0.25) is 0 Å². The number of ether oxygens (including phenoxy) is 1. The lowest BCUT2D eigenvalue weighted by molar-refractivity contribution is -0.119. The van der Waals surface area contributed by atoms with Gasteiger partial charge in [-0.25, -0.2) is 0 Å². The Balaban J connectivity index is 1.40. The number of nitrogens with two attached hydrogens (primary N) is 2. The molecule has 9 nitrogen and oxygen atoms in total. The fourth-order valence-corrected chi connectivity index (χ4v) is 5.75. The predicted molar refractivity (Wildman–Crippen MR) is 161 cm³/mol. The van der Waals surface area contributed by atoms with Crippen molar-refractivity contribution in [1.82, 2.24) is 14.9 Å². The van der Waals surface area contributed by atoms with E-state index in [1.54, 1.807) is 0 Å². The monoisotopic (exact) mass is 558 g/mol. The van der Waals surface area contributed by atoms with Crippen LogP contribution in [0.5, 0.6) is 5.75 Å². The van der Waals surface area contributed by atoms with E-state index < -0.39 is 11.8 Å². The lowest BCUT2D eigenvalue weighted by atomic mass is 9.98. The van der Waals surface area contributed by atoms with E-state index >= 15 is 0 Å². The van der Waals surface area contributed by atoms with Crippen molar-refractivity contribution in [2.45, 2.75) is 72.0 Å². The van der Waals surface area contributed by atoms with Crippen LogP contribution in [0.2, 0.25) is 0 Å². The number of rotatable bonds is 12. The highest BCUT2D eigenvalue weighted by atomic mass is 16.5. The molecule has 1 aliphatic rings. The fourth-order valence-electron chi connectivity index (χ4n) is 5.75. The van der Waals surface area contributed by atoms with Gasteiger partial charge in [0.15, 0.2) is 6.61 Å². The number of benzene rings is 1. The van der Waals surface area contributed by atoms with E-state index in [0.29, 0.717) is 29.1 Å². The number of amides is 2. The van der Waals surface area contributed by atoms with Crippen LogP contribution in [0.3, 0.4) is 0 Å². The van der Waals surface area contributed by atoms with Crippen LogP contribution in [0.1, 0.15) is 64.6 Å². The molecule has 3 aromatic rings. The number of carbonyl (C=O) groups excluding carboxylic acids is 2. The quantitative estimate of drug-likeness (QED) is 0.346. The van der Waals surface area contributed by atoms with Crippen molar-refractivity contribution in [1.29, 1.82) is 0 Å². The summed E-state index contributed by atoms with van der Waals surface area (Å²) >= 11 is 0. The van der Waals surface area contributed by atoms with E-state index in [1.807, 2.05) is 44.4 Å². The average Bonchev–Trinajstić information content (AvgIpc) is 2.94. The van der Waals surface area contributed by atoms with E-state index in [2.05, 4.69) is 51.8 Å². The lowest BCUT2D eigenvalue weighted by Gasteiger charge is -2.42. The Morgan fingerprint density at radius 3 is 2.39 bits per heavy atom. The zero-order chi connectivity index (χ0) is 29.5. The molecule has 0 spiro atoms. The summed E-state index contributed by atoms with van der Waals surface area (Å²) in [6.07, 6.45) is 7.74. The van der Waals surface area contributed by atoms with Crippen LogP contribution >= 0.6 is 0 Å². The van der Waals surface area contributed by atoms with Gasteiger partial charge in [0.05, 0.1) is 11.3 Å². The van der Waals surface area contributed by atoms with E-state index in [4.69, 9.17) is 16.2 Å². The number of primary amides is 2. The minimum Gasteiger partial charge on any atom is -0.484 e. The van der Waals surface area contributed by atoms with Gasteiger partial charge in [-0.05, 0) is 106 Å². The first-order valence-corrected chi connectivity index (χ1v) is 14.3. The molecular formula is C32H42N6O3. The Bertz CT molecular complexity index is 1330. The first-order chi connectivity index (χ1) is 19.6. The Morgan fingerprint density at radius 1 is 1.07 bits per heavy atom. The summed E-state index contributed by atoms with van der Waals surface area (Å²) in [6.45, 7) is 10.9. The highest BCUT2D eigenvalue weighted by Crippen LogP contribution is 2.29. The molecule has 0 unspecified atom stereocenters. The molecule has 2 aromatic heterocycles. The number of pyridine rings is 2. The van der Waals surface area contributed by atoms with Gasteiger partial charge in [-0.3, -0.25) is 19.6 Å². The van der Waals surface area contributed by atoms with E-state index in [9.17, 15) is 9.59 Å². The number of aromatic nitrogens is 2. The van der Waals surface area contributed by atoms with E-state index in [1.165, 1.54) is 11.1 Å².